The molecule has 0 saturated carbocycles. The molecule has 0 unspecified atom stereocenters. The minimum atomic E-state index is -0.0184. The van der Waals surface area contributed by atoms with Gasteiger partial charge in [0.2, 0.25) is 0 Å². The van der Waals surface area contributed by atoms with Crippen molar-refractivity contribution in [3.8, 4) is 0 Å². The van der Waals surface area contributed by atoms with Gasteiger partial charge in [0.05, 0.1) is 17.3 Å². The van der Waals surface area contributed by atoms with Gasteiger partial charge in [-0.05, 0) is 37.8 Å². The van der Waals surface area contributed by atoms with E-state index in [0.29, 0.717) is 17.3 Å². The van der Waals surface area contributed by atoms with E-state index < -0.39 is 0 Å². The van der Waals surface area contributed by atoms with E-state index >= 15 is 0 Å². The predicted octanol–water partition coefficient (Wildman–Crippen LogP) is 3.84. The van der Waals surface area contributed by atoms with E-state index in [9.17, 15) is 4.79 Å². The highest BCUT2D eigenvalue weighted by atomic mass is 35.5. The smallest absolute Gasteiger partial charge is 0.274 e. The first-order valence-electron chi connectivity index (χ1n) is 7.71. The Bertz CT molecular complexity index is 695. The average molecular weight is 318 g/mol. The third kappa shape index (κ3) is 2.52. The third-order valence-electron chi connectivity index (χ3n) is 4.36. The molecule has 22 heavy (non-hydrogen) atoms. The van der Waals surface area contributed by atoms with Gasteiger partial charge in [0.25, 0.3) is 5.91 Å². The largest absolute Gasteiger partial charge is 0.330 e. The molecule has 0 bridgehead atoms. The lowest BCUT2D eigenvalue weighted by Gasteiger charge is -2.26. The van der Waals surface area contributed by atoms with Gasteiger partial charge in [-0.15, -0.1) is 0 Å². The van der Waals surface area contributed by atoms with E-state index in [1.807, 2.05) is 24.0 Å². The van der Waals surface area contributed by atoms with Gasteiger partial charge in [0.1, 0.15) is 5.69 Å². The Hall–Kier alpha value is -1.81. The quantitative estimate of drug-likeness (QED) is 0.862. The van der Waals surface area contributed by atoms with Gasteiger partial charge < -0.3 is 4.90 Å². The number of hydrogen-bond acceptors (Lipinski definition) is 2. The van der Waals surface area contributed by atoms with Crippen LogP contribution in [0.2, 0.25) is 5.02 Å². The number of carbonyl (C=O) groups excluding carboxylic acids is 1. The van der Waals surface area contributed by atoms with Crippen LogP contribution in [0.4, 0.5) is 0 Å². The summed E-state index contributed by atoms with van der Waals surface area (Å²) in [5, 5.41) is 4.61. The van der Waals surface area contributed by atoms with Crippen LogP contribution in [0.1, 0.15) is 47.4 Å². The Labute approximate surface area is 135 Å². The van der Waals surface area contributed by atoms with E-state index in [-0.39, 0.29) is 11.9 Å². The minimum absolute atomic E-state index is 0.0184. The summed E-state index contributed by atoms with van der Waals surface area (Å²) < 4.78 is 1.68. The standard InChI is InChI=1S/C17H20ClN3O/c1-3-21-16(14(18)11-19-21)17(22)20-10-6-9-15(20)13-8-5-4-7-12(13)2/h4-5,7-8,11,15H,3,6,9-10H2,1-2H3/t15-/m0/s1. The van der Waals surface area contributed by atoms with Crippen LogP contribution in [0.5, 0.6) is 0 Å². The second-order valence-electron chi connectivity index (χ2n) is 5.67. The van der Waals surface area contributed by atoms with Crippen LogP contribution in [0, 0.1) is 6.92 Å². The molecule has 1 fully saturated rings. The molecule has 0 radical (unpaired) electrons. The van der Waals surface area contributed by atoms with Crippen molar-refractivity contribution >= 4 is 17.5 Å². The number of aromatic nitrogens is 2. The van der Waals surface area contributed by atoms with Gasteiger partial charge in [-0.1, -0.05) is 35.9 Å². The van der Waals surface area contributed by atoms with Crippen molar-refractivity contribution in [2.24, 2.45) is 0 Å². The molecule has 1 atom stereocenters. The summed E-state index contributed by atoms with van der Waals surface area (Å²) in [5.41, 5.74) is 2.96. The number of aryl methyl sites for hydroxylation is 2. The monoisotopic (exact) mass is 317 g/mol. The molecule has 4 nitrogen and oxygen atoms in total. The van der Waals surface area contributed by atoms with Crippen molar-refractivity contribution in [1.29, 1.82) is 0 Å². The molecule has 5 heteroatoms. The molecule has 2 heterocycles. The number of hydrogen-bond donors (Lipinski definition) is 0. The van der Waals surface area contributed by atoms with Crippen LogP contribution in [0.15, 0.2) is 30.5 Å². The Kier molecular flexibility index (Phi) is 4.21. The Balaban J connectivity index is 1.95. The Morgan fingerprint density at radius 1 is 1.41 bits per heavy atom. The maximum Gasteiger partial charge on any atom is 0.274 e. The normalized spacial score (nSPS) is 18.0. The number of nitrogens with zero attached hydrogens (tertiary/aromatic N) is 3. The molecule has 1 aromatic heterocycles. The fourth-order valence-electron chi connectivity index (χ4n) is 3.24. The first kappa shape index (κ1) is 15.1. The average Bonchev–Trinajstić information content (AvgIpc) is 3.13. The summed E-state index contributed by atoms with van der Waals surface area (Å²) >= 11 is 6.19. The fraction of sp³-hybridized carbons (Fsp3) is 0.412. The molecule has 1 amide bonds. The lowest BCUT2D eigenvalue weighted by molar-refractivity contribution is 0.0723. The molecule has 1 saturated heterocycles. The summed E-state index contributed by atoms with van der Waals surface area (Å²) in [4.78, 5) is 14.9. The fourth-order valence-corrected chi connectivity index (χ4v) is 3.47. The summed E-state index contributed by atoms with van der Waals surface area (Å²) in [6, 6.07) is 8.41. The lowest BCUT2D eigenvalue weighted by Crippen LogP contribution is -2.32. The van der Waals surface area contributed by atoms with E-state index in [2.05, 4.69) is 24.2 Å². The molecule has 116 valence electrons. The van der Waals surface area contributed by atoms with Gasteiger partial charge in [-0.3, -0.25) is 9.48 Å². The Morgan fingerprint density at radius 3 is 2.91 bits per heavy atom. The highest BCUT2D eigenvalue weighted by Crippen LogP contribution is 2.35. The van der Waals surface area contributed by atoms with Gasteiger partial charge >= 0.3 is 0 Å². The van der Waals surface area contributed by atoms with Crippen molar-refractivity contribution in [3.05, 3.63) is 52.3 Å². The van der Waals surface area contributed by atoms with Crippen LogP contribution in [0.25, 0.3) is 0 Å². The predicted molar refractivity (Wildman–Crippen MR) is 87.1 cm³/mol. The highest BCUT2D eigenvalue weighted by molar-refractivity contribution is 6.33. The van der Waals surface area contributed by atoms with E-state index in [1.54, 1.807) is 10.9 Å². The van der Waals surface area contributed by atoms with Crippen molar-refractivity contribution in [1.82, 2.24) is 14.7 Å². The summed E-state index contributed by atoms with van der Waals surface area (Å²) in [5.74, 6) is -0.0184. The number of rotatable bonds is 3. The molecular weight excluding hydrogens is 298 g/mol. The van der Waals surface area contributed by atoms with E-state index in [0.717, 1.165) is 19.4 Å². The van der Waals surface area contributed by atoms with Crippen LogP contribution < -0.4 is 0 Å². The number of likely N-dealkylation sites (tertiary alicyclic amines) is 1. The third-order valence-corrected chi connectivity index (χ3v) is 4.63. The minimum Gasteiger partial charge on any atom is -0.330 e. The molecule has 3 rings (SSSR count). The molecule has 0 N–H and O–H groups in total. The molecule has 1 aromatic carbocycles. The molecule has 2 aromatic rings. The first-order valence-corrected chi connectivity index (χ1v) is 8.09. The van der Waals surface area contributed by atoms with E-state index in [1.165, 1.54) is 11.1 Å². The zero-order valence-electron chi connectivity index (χ0n) is 12.9. The van der Waals surface area contributed by atoms with Gasteiger partial charge in [-0.2, -0.15) is 5.10 Å². The van der Waals surface area contributed by atoms with Gasteiger partial charge in [-0.25, -0.2) is 0 Å². The SMILES string of the molecule is CCn1ncc(Cl)c1C(=O)N1CCC[C@H]1c1ccccc1C. The summed E-state index contributed by atoms with van der Waals surface area (Å²) in [6.45, 7) is 5.46. The topological polar surface area (TPSA) is 38.1 Å². The molecule has 0 aliphatic carbocycles. The number of halogens is 1. The lowest BCUT2D eigenvalue weighted by atomic mass is 9.99. The number of carbonyl (C=O) groups is 1. The van der Waals surface area contributed by atoms with Crippen LogP contribution in [0.3, 0.4) is 0 Å². The first-order chi connectivity index (χ1) is 10.6. The van der Waals surface area contributed by atoms with Crippen LogP contribution in [-0.4, -0.2) is 27.1 Å². The molecule has 1 aliphatic rings. The maximum absolute atomic E-state index is 13.0. The number of benzene rings is 1. The van der Waals surface area contributed by atoms with Crippen LogP contribution in [-0.2, 0) is 6.54 Å². The molecule has 1 aliphatic heterocycles. The summed E-state index contributed by atoms with van der Waals surface area (Å²) in [7, 11) is 0. The highest BCUT2D eigenvalue weighted by Gasteiger charge is 2.33. The van der Waals surface area contributed by atoms with E-state index in [4.69, 9.17) is 11.6 Å². The number of amides is 1. The van der Waals surface area contributed by atoms with Crippen molar-refractivity contribution < 1.29 is 4.79 Å². The summed E-state index contributed by atoms with van der Waals surface area (Å²) in [6.07, 6.45) is 3.56. The zero-order valence-corrected chi connectivity index (χ0v) is 13.7. The second-order valence-corrected chi connectivity index (χ2v) is 6.08. The van der Waals surface area contributed by atoms with Crippen molar-refractivity contribution in [2.75, 3.05) is 6.54 Å². The molecular formula is C17H20ClN3O. The second kappa shape index (κ2) is 6.13. The van der Waals surface area contributed by atoms with Crippen molar-refractivity contribution in [2.45, 2.75) is 39.3 Å². The maximum atomic E-state index is 13.0. The van der Waals surface area contributed by atoms with Gasteiger partial charge in [0.15, 0.2) is 0 Å². The zero-order chi connectivity index (χ0) is 15.7. The molecule has 0 spiro atoms. The Morgan fingerprint density at radius 2 is 2.18 bits per heavy atom. The van der Waals surface area contributed by atoms with Crippen molar-refractivity contribution in [3.63, 3.8) is 0 Å². The van der Waals surface area contributed by atoms with Gasteiger partial charge in [0, 0.05) is 13.1 Å². The van der Waals surface area contributed by atoms with Crippen LogP contribution >= 0.6 is 11.6 Å².